The van der Waals surface area contributed by atoms with Crippen LogP contribution in [-0.4, -0.2) is 55.2 Å². The van der Waals surface area contributed by atoms with Crippen molar-refractivity contribution < 1.29 is 19.1 Å². The number of ether oxygens (including phenoxy) is 2. The van der Waals surface area contributed by atoms with E-state index < -0.39 is 6.04 Å². The number of piperidine rings is 1. The molecule has 2 fully saturated rings. The van der Waals surface area contributed by atoms with Crippen molar-refractivity contribution in [2.45, 2.75) is 38.3 Å². The van der Waals surface area contributed by atoms with Gasteiger partial charge in [-0.1, -0.05) is 6.92 Å². The Bertz CT molecular complexity index is 714. The largest absolute Gasteiger partial charge is 0.454 e. The zero-order chi connectivity index (χ0) is 18.1. The molecule has 8 heteroatoms. The van der Waals surface area contributed by atoms with Gasteiger partial charge in [0.25, 0.3) is 5.91 Å². The molecule has 27 heavy (non-hydrogen) atoms. The van der Waals surface area contributed by atoms with Crippen molar-refractivity contribution in [3.63, 3.8) is 0 Å². The number of amides is 2. The number of nitrogens with zero attached hydrogens (tertiary/aromatic N) is 1. The number of fused-ring (bicyclic) bond motifs is 1. The van der Waals surface area contributed by atoms with Gasteiger partial charge in [0.2, 0.25) is 12.7 Å². The van der Waals surface area contributed by atoms with Gasteiger partial charge in [-0.15, -0.1) is 12.4 Å². The van der Waals surface area contributed by atoms with Gasteiger partial charge in [-0.25, -0.2) is 0 Å². The van der Waals surface area contributed by atoms with Crippen LogP contribution in [0.1, 0.15) is 36.5 Å². The lowest BCUT2D eigenvalue weighted by molar-refractivity contribution is -0.126. The molecule has 0 saturated carbocycles. The lowest BCUT2D eigenvalue weighted by atomic mass is 9.95. The molecule has 1 aromatic carbocycles. The van der Waals surface area contributed by atoms with Crippen LogP contribution in [0, 0.1) is 5.92 Å². The molecule has 3 unspecified atom stereocenters. The number of carbonyl (C=O) groups excluding carboxylic acids is 2. The summed E-state index contributed by atoms with van der Waals surface area (Å²) in [4.78, 5) is 27.5. The number of halogens is 1. The zero-order valence-electron chi connectivity index (χ0n) is 15.4. The van der Waals surface area contributed by atoms with Gasteiger partial charge in [-0.05, 0) is 56.5 Å². The van der Waals surface area contributed by atoms with E-state index in [2.05, 4.69) is 17.6 Å². The van der Waals surface area contributed by atoms with Crippen LogP contribution in [-0.2, 0) is 4.79 Å². The zero-order valence-corrected chi connectivity index (χ0v) is 16.2. The number of rotatable bonds is 3. The lowest BCUT2D eigenvalue weighted by Crippen LogP contribution is -2.53. The Kier molecular flexibility index (Phi) is 6.11. The van der Waals surface area contributed by atoms with Gasteiger partial charge in [0, 0.05) is 18.2 Å². The Morgan fingerprint density at radius 1 is 1.22 bits per heavy atom. The predicted molar refractivity (Wildman–Crippen MR) is 102 cm³/mol. The average Bonchev–Trinajstić information content (AvgIpc) is 3.31. The molecule has 2 amide bonds. The summed E-state index contributed by atoms with van der Waals surface area (Å²) in [5.74, 6) is 1.47. The maximum absolute atomic E-state index is 13.0. The van der Waals surface area contributed by atoms with E-state index in [4.69, 9.17) is 9.47 Å². The van der Waals surface area contributed by atoms with Crippen LogP contribution in [0.2, 0.25) is 0 Å². The van der Waals surface area contributed by atoms with Gasteiger partial charge in [-0.2, -0.15) is 0 Å². The molecule has 3 aliphatic rings. The summed E-state index contributed by atoms with van der Waals surface area (Å²) in [6.45, 7) is 4.75. The Morgan fingerprint density at radius 3 is 2.85 bits per heavy atom. The van der Waals surface area contributed by atoms with Gasteiger partial charge in [0.1, 0.15) is 6.04 Å². The van der Waals surface area contributed by atoms with E-state index >= 15 is 0 Å². The quantitative estimate of drug-likeness (QED) is 0.811. The number of hydrogen-bond donors (Lipinski definition) is 2. The summed E-state index contributed by atoms with van der Waals surface area (Å²) in [5.41, 5.74) is 0.532. The number of nitrogens with one attached hydrogen (secondary N) is 2. The smallest absolute Gasteiger partial charge is 0.254 e. The van der Waals surface area contributed by atoms with Crippen molar-refractivity contribution in [2.75, 3.05) is 26.4 Å². The highest BCUT2D eigenvalue weighted by Crippen LogP contribution is 2.33. The maximum atomic E-state index is 13.0. The van der Waals surface area contributed by atoms with Crippen molar-refractivity contribution in [3.05, 3.63) is 23.8 Å². The summed E-state index contributed by atoms with van der Waals surface area (Å²) in [5, 5.41) is 6.51. The van der Waals surface area contributed by atoms with E-state index in [-0.39, 0.29) is 37.1 Å². The minimum Gasteiger partial charge on any atom is -0.454 e. The summed E-state index contributed by atoms with van der Waals surface area (Å²) in [6, 6.07) is 4.96. The van der Waals surface area contributed by atoms with Crippen LogP contribution in [0.3, 0.4) is 0 Å². The maximum Gasteiger partial charge on any atom is 0.254 e. The normalized spacial score (nSPS) is 26.4. The third-order valence-electron chi connectivity index (χ3n) is 5.55. The Labute approximate surface area is 165 Å². The van der Waals surface area contributed by atoms with Crippen LogP contribution in [0.25, 0.3) is 0 Å². The van der Waals surface area contributed by atoms with Gasteiger partial charge in [-0.3, -0.25) is 9.59 Å². The minimum absolute atomic E-state index is 0. The molecule has 1 aromatic rings. The molecule has 0 aromatic heterocycles. The van der Waals surface area contributed by atoms with Crippen LogP contribution in [0.4, 0.5) is 0 Å². The molecule has 0 spiro atoms. The molecule has 4 rings (SSSR count). The van der Waals surface area contributed by atoms with Crippen LogP contribution in [0.5, 0.6) is 11.5 Å². The van der Waals surface area contributed by atoms with E-state index in [0.717, 1.165) is 25.9 Å². The fraction of sp³-hybridized carbons (Fsp3) is 0.579. The van der Waals surface area contributed by atoms with E-state index in [0.29, 0.717) is 35.9 Å². The topological polar surface area (TPSA) is 79.9 Å². The second-order valence-electron chi connectivity index (χ2n) is 7.31. The summed E-state index contributed by atoms with van der Waals surface area (Å²) >= 11 is 0. The molecule has 2 N–H and O–H groups in total. The van der Waals surface area contributed by atoms with Crippen molar-refractivity contribution in [1.29, 1.82) is 0 Å². The van der Waals surface area contributed by atoms with E-state index in [1.54, 1.807) is 23.1 Å². The summed E-state index contributed by atoms with van der Waals surface area (Å²) in [7, 11) is 0. The third kappa shape index (κ3) is 3.99. The van der Waals surface area contributed by atoms with Gasteiger partial charge < -0.3 is 25.0 Å². The average molecular weight is 396 g/mol. The summed E-state index contributed by atoms with van der Waals surface area (Å²) in [6.07, 6.45) is 2.48. The first kappa shape index (κ1) is 19.8. The number of likely N-dealkylation sites (tertiary alicyclic amines) is 1. The van der Waals surface area contributed by atoms with Crippen LogP contribution >= 0.6 is 12.4 Å². The van der Waals surface area contributed by atoms with E-state index in [9.17, 15) is 9.59 Å². The molecule has 3 aliphatic heterocycles. The first-order valence-corrected chi connectivity index (χ1v) is 9.35. The van der Waals surface area contributed by atoms with Crippen molar-refractivity contribution in [1.82, 2.24) is 15.5 Å². The number of carbonyl (C=O) groups is 2. The number of hydrogen-bond acceptors (Lipinski definition) is 5. The second-order valence-corrected chi connectivity index (χ2v) is 7.31. The molecule has 0 aliphatic carbocycles. The van der Waals surface area contributed by atoms with Gasteiger partial charge >= 0.3 is 0 Å². The lowest BCUT2D eigenvalue weighted by Gasteiger charge is -2.32. The van der Waals surface area contributed by atoms with Crippen LogP contribution < -0.4 is 20.1 Å². The van der Waals surface area contributed by atoms with Crippen LogP contribution in [0.15, 0.2) is 18.2 Å². The van der Waals surface area contributed by atoms with Crippen molar-refractivity contribution in [2.24, 2.45) is 5.92 Å². The molecule has 7 nitrogen and oxygen atoms in total. The van der Waals surface area contributed by atoms with Crippen molar-refractivity contribution >= 4 is 24.2 Å². The fourth-order valence-corrected chi connectivity index (χ4v) is 3.99. The third-order valence-corrected chi connectivity index (χ3v) is 5.55. The molecular formula is C19H26ClN3O4. The molecule has 0 radical (unpaired) electrons. The monoisotopic (exact) mass is 395 g/mol. The first-order valence-electron chi connectivity index (χ1n) is 9.35. The summed E-state index contributed by atoms with van der Waals surface area (Å²) < 4.78 is 10.7. The van der Waals surface area contributed by atoms with E-state index in [1.807, 2.05) is 0 Å². The molecule has 0 bridgehead atoms. The number of benzene rings is 1. The van der Waals surface area contributed by atoms with Crippen molar-refractivity contribution in [3.8, 4) is 11.5 Å². The Balaban J connectivity index is 0.00000210. The predicted octanol–water partition coefficient (Wildman–Crippen LogP) is 1.56. The van der Waals surface area contributed by atoms with E-state index in [1.165, 1.54) is 0 Å². The fourth-order valence-electron chi connectivity index (χ4n) is 3.99. The SMILES string of the molecule is CC1CNCCC1NC(=O)C1CCCN1C(=O)c1ccc2c(c1)OCO2.Cl. The second kappa shape index (κ2) is 8.35. The molecule has 2 saturated heterocycles. The van der Waals surface area contributed by atoms with Gasteiger partial charge in [0.15, 0.2) is 11.5 Å². The molecule has 3 heterocycles. The molecule has 148 valence electrons. The Hall–Kier alpha value is -1.99. The first-order chi connectivity index (χ1) is 12.6. The van der Waals surface area contributed by atoms with Gasteiger partial charge in [0.05, 0.1) is 0 Å². The molecule has 3 atom stereocenters. The minimum atomic E-state index is -0.394. The highest BCUT2D eigenvalue weighted by atomic mass is 35.5. The highest BCUT2D eigenvalue weighted by molar-refractivity contribution is 5.98. The Morgan fingerprint density at radius 2 is 2.04 bits per heavy atom. The standard InChI is InChI=1S/C19H25N3O4.ClH/c1-12-10-20-7-6-14(12)21-18(23)15-3-2-8-22(15)19(24)13-4-5-16-17(9-13)26-11-25-16;/h4-5,9,12,14-15,20H,2-3,6-8,10-11H2,1H3,(H,21,23);1H. The highest BCUT2D eigenvalue weighted by Gasteiger charge is 2.36. The molecular weight excluding hydrogens is 370 g/mol.